The second-order valence-electron chi connectivity index (χ2n) is 6.19. The quantitative estimate of drug-likeness (QED) is 0.607. The van der Waals surface area contributed by atoms with E-state index in [1.165, 1.54) is 5.56 Å². The van der Waals surface area contributed by atoms with Crippen LogP contribution in [-0.2, 0) is 16.1 Å². The van der Waals surface area contributed by atoms with E-state index in [1.54, 1.807) is 12.4 Å². The summed E-state index contributed by atoms with van der Waals surface area (Å²) < 4.78 is 5.91. The van der Waals surface area contributed by atoms with Crippen LogP contribution in [0.25, 0.3) is 0 Å². The smallest absolute Gasteiger partial charge is 0.362 e. The van der Waals surface area contributed by atoms with Gasteiger partial charge in [-0.3, -0.25) is 4.98 Å². The molecular formula is C14H23N2O2+. The maximum atomic E-state index is 11.8. The van der Waals surface area contributed by atoms with Gasteiger partial charge in [0.25, 0.3) is 0 Å². The van der Waals surface area contributed by atoms with E-state index in [-0.39, 0.29) is 5.97 Å². The van der Waals surface area contributed by atoms with Crippen LogP contribution >= 0.6 is 0 Å². The predicted octanol–water partition coefficient (Wildman–Crippen LogP) is 2.00. The van der Waals surface area contributed by atoms with Crippen molar-refractivity contribution < 1.29 is 14.0 Å². The van der Waals surface area contributed by atoms with Crippen molar-refractivity contribution in [3.8, 4) is 0 Å². The number of hydrogen-bond acceptors (Lipinski definition) is 3. The van der Waals surface area contributed by atoms with Crippen LogP contribution in [0, 0.1) is 0 Å². The van der Waals surface area contributed by atoms with Crippen molar-refractivity contribution >= 4 is 5.97 Å². The maximum absolute atomic E-state index is 11.8. The molecule has 1 aromatic heterocycles. The highest BCUT2D eigenvalue weighted by Crippen LogP contribution is 2.11. The minimum Gasteiger partial charge on any atom is -0.456 e. The number of esters is 1. The van der Waals surface area contributed by atoms with Gasteiger partial charge in [0, 0.05) is 18.0 Å². The summed E-state index contributed by atoms with van der Waals surface area (Å²) >= 11 is 0. The first kappa shape index (κ1) is 14.6. The standard InChI is InChI=1S/C14H23N2O2/c1-14(2,3)18-13(17)11-16(4,5)10-12-6-8-15-9-7-12/h6-9H,10-11H2,1-5H3/q+1. The van der Waals surface area contributed by atoms with Gasteiger partial charge in [-0.1, -0.05) is 0 Å². The Morgan fingerprint density at radius 2 is 1.83 bits per heavy atom. The molecule has 18 heavy (non-hydrogen) atoms. The van der Waals surface area contributed by atoms with Crippen LogP contribution in [0.5, 0.6) is 0 Å². The molecule has 0 aliphatic rings. The molecule has 0 atom stereocenters. The number of likely N-dealkylation sites (N-methyl/N-ethyl adjacent to an activating group) is 1. The van der Waals surface area contributed by atoms with Crippen molar-refractivity contribution in [2.75, 3.05) is 20.6 Å². The number of nitrogens with zero attached hydrogens (tertiary/aromatic N) is 2. The van der Waals surface area contributed by atoms with Crippen LogP contribution in [0.3, 0.4) is 0 Å². The van der Waals surface area contributed by atoms with E-state index in [0.29, 0.717) is 11.0 Å². The van der Waals surface area contributed by atoms with E-state index in [1.807, 2.05) is 47.0 Å². The Morgan fingerprint density at radius 3 is 2.33 bits per heavy atom. The lowest BCUT2D eigenvalue weighted by molar-refractivity contribution is -0.896. The minimum absolute atomic E-state index is 0.165. The monoisotopic (exact) mass is 251 g/mol. The number of carbonyl (C=O) groups is 1. The molecule has 1 aromatic rings. The van der Waals surface area contributed by atoms with Gasteiger partial charge in [-0.2, -0.15) is 0 Å². The summed E-state index contributed by atoms with van der Waals surface area (Å²) in [5.74, 6) is -0.165. The van der Waals surface area contributed by atoms with Gasteiger partial charge >= 0.3 is 5.97 Å². The summed E-state index contributed by atoms with van der Waals surface area (Å²) in [5.41, 5.74) is 0.742. The molecule has 1 heterocycles. The zero-order valence-corrected chi connectivity index (χ0v) is 11.9. The Labute approximate surface area is 109 Å². The number of hydrogen-bond donors (Lipinski definition) is 0. The first-order valence-electron chi connectivity index (χ1n) is 6.11. The topological polar surface area (TPSA) is 39.2 Å². The normalized spacial score (nSPS) is 12.3. The number of aromatic nitrogens is 1. The molecule has 0 saturated carbocycles. The van der Waals surface area contributed by atoms with Crippen LogP contribution in [0.1, 0.15) is 26.3 Å². The van der Waals surface area contributed by atoms with Crippen molar-refractivity contribution in [1.29, 1.82) is 0 Å². The molecule has 0 aliphatic heterocycles. The van der Waals surface area contributed by atoms with E-state index in [4.69, 9.17) is 4.74 Å². The van der Waals surface area contributed by atoms with E-state index < -0.39 is 5.60 Å². The third-order valence-corrected chi connectivity index (χ3v) is 2.34. The zero-order chi connectivity index (χ0) is 13.8. The molecule has 0 spiro atoms. The average molecular weight is 251 g/mol. The molecule has 4 heteroatoms. The predicted molar refractivity (Wildman–Crippen MR) is 70.8 cm³/mol. The van der Waals surface area contributed by atoms with Gasteiger partial charge in [-0.15, -0.1) is 0 Å². The highest BCUT2D eigenvalue weighted by atomic mass is 16.6. The van der Waals surface area contributed by atoms with Crippen molar-refractivity contribution in [2.45, 2.75) is 32.9 Å². The van der Waals surface area contributed by atoms with Gasteiger partial charge in [0.15, 0.2) is 6.54 Å². The highest BCUT2D eigenvalue weighted by Gasteiger charge is 2.25. The minimum atomic E-state index is -0.423. The number of pyridine rings is 1. The Balaban J connectivity index is 2.57. The van der Waals surface area contributed by atoms with Gasteiger partial charge < -0.3 is 9.22 Å². The highest BCUT2D eigenvalue weighted by molar-refractivity contribution is 5.71. The number of quaternary nitrogens is 1. The lowest BCUT2D eigenvalue weighted by Gasteiger charge is -2.30. The molecule has 0 unspecified atom stereocenters. The fourth-order valence-corrected chi connectivity index (χ4v) is 1.76. The summed E-state index contributed by atoms with van der Waals surface area (Å²) in [7, 11) is 4.04. The van der Waals surface area contributed by atoms with E-state index in [2.05, 4.69) is 4.98 Å². The Hall–Kier alpha value is -1.42. The molecule has 100 valence electrons. The Morgan fingerprint density at radius 1 is 1.28 bits per heavy atom. The Kier molecular flexibility index (Phi) is 4.46. The summed E-state index contributed by atoms with van der Waals surface area (Å²) in [6, 6.07) is 3.93. The summed E-state index contributed by atoms with van der Waals surface area (Å²) in [6.45, 7) is 6.79. The van der Waals surface area contributed by atoms with Crippen LogP contribution in [-0.4, -0.2) is 41.7 Å². The van der Waals surface area contributed by atoms with E-state index in [0.717, 1.165) is 6.54 Å². The van der Waals surface area contributed by atoms with Gasteiger partial charge in [0.05, 0.1) is 14.1 Å². The Bertz CT molecular complexity index is 394. The second-order valence-corrected chi connectivity index (χ2v) is 6.19. The first-order valence-corrected chi connectivity index (χ1v) is 6.11. The molecule has 0 saturated heterocycles. The number of rotatable bonds is 4. The fourth-order valence-electron chi connectivity index (χ4n) is 1.76. The average Bonchev–Trinajstić information content (AvgIpc) is 2.13. The third-order valence-electron chi connectivity index (χ3n) is 2.34. The van der Waals surface area contributed by atoms with Crippen molar-refractivity contribution in [2.24, 2.45) is 0 Å². The number of carbonyl (C=O) groups excluding carboxylic acids is 1. The largest absolute Gasteiger partial charge is 0.456 e. The van der Waals surface area contributed by atoms with Crippen molar-refractivity contribution in [3.63, 3.8) is 0 Å². The van der Waals surface area contributed by atoms with Gasteiger partial charge in [-0.05, 0) is 32.9 Å². The molecule has 0 aliphatic carbocycles. The van der Waals surface area contributed by atoms with Gasteiger partial charge in [-0.25, -0.2) is 4.79 Å². The third kappa shape index (κ3) is 5.77. The molecular weight excluding hydrogens is 228 g/mol. The van der Waals surface area contributed by atoms with Gasteiger partial charge in [0.1, 0.15) is 12.1 Å². The summed E-state index contributed by atoms with van der Waals surface area (Å²) in [5, 5.41) is 0. The molecule has 0 aromatic carbocycles. The van der Waals surface area contributed by atoms with Crippen LogP contribution in [0.15, 0.2) is 24.5 Å². The van der Waals surface area contributed by atoms with E-state index >= 15 is 0 Å². The number of ether oxygens (including phenoxy) is 1. The lowest BCUT2D eigenvalue weighted by Crippen LogP contribution is -2.45. The molecule has 0 radical (unpaired) electrons. The molecule has 0 bridgehead atoms. The van der Waals surface area contributed by atoms with Crippen LogP contribution in [0.2, 0.25) is 0 Å². The molecule has 1 rings (SSSR count). The molecule has 0 N–H and O–H groups in total. The zero-order valence-electron chi connectivity index (χ0n) is 11.9. The SMILES string of the molecule is CC(C)(C)OC(=O)C[N+](C)(C)Cc1ccncc1. The molecule has 4 nitrogen and oxygen atoms in total. The molecule has 0 fully saturated rings. The second kappa shape index (κ2) is 5.48. The summed E-state index contributed by atoms with van der Waals surface area (Å²) in [6.07, 6.45) is 3.53. The van der Waals surface area contributed by atoms with Crippen LogP contribution < -0.4 is 0 Å². The van der Waals surface area contributed by atoms with Crippen LogP contribution in [0.4, 0.5) is 0 Å². The van der Waals surface area contributed by atoms with Gasteiger partial charge in [0.2, 0.25) is 0 Å². The first-order chi connectivity index (χ1) is 8.18. The van der Waals surface area contributed by atoms with Crippen molar-refractivity contribution in [3.05, 3.63) is 30.1 Å². The maximum Gasteiger partial charge on any atom is 0.362 e. The summed E-state index contributed by atoms with van der Waals surface area (Å²) in [4.78, 5) is 15.8. The van der Waals surface area contributed by atoms with E-state index in [9.17, 15) is 4.79 Å². The lowest BCUT2D eigenvalue weighted by atomic mass is 10.2. The van der Waals surface area contributed by atoms with Crippen molar-refractivity contribution in [1.82, 2.24) is 4.98 Å². The fraction of sp³-hybridized carbons (Fsp3) is 0.571. The molecule has 0 amide bonds.